The van der Waals surface area contributed by atoms with Crippen LogP contribution >= 0.6 is 27.3 Å². The molecule has 72 valence electrons. The summed E-state index contributed by atoms with van der Waals surface area (Å²) in [6, 6.07) is 3.95. The molecule has 0 unspecified atom stereocenters. The number of rotatable bonds is 3. The fourth-order valence-electron chi connectivity index (χ4n) is 1.02. The van der Waals surface area contributed by atoms with Gasteiger partial charge in [0.25, 0.3) is 0 Å². The molecule has 0 atom stereocenters. The van der Waals surface area contributed by atoms with Gasteiger partial charge in [0.15, 0.2) is 0 Å². The summed E-state index contributed by atoms with van der Waals surface area (Å²) >= 11 is 5.13. The highest BCUT2D eigenvalue weighted by Crippen LogP contribution is 2.20. The number of anilines is 1. The van der Waals surface area contributed by atoms with Gasteiger partial charge >= 0.3 is 0 Å². The van der Waals surface area contributed by atoms with E-state index in [1.54, 1.807) is 17.5 Å². The van der Waals surface area contributed by atoms with Crippen molar-refractivity contribution >= 4 is 33.1 Å². The van der Waals surface area contributed by atoms with Gasteiger partial charge in [0.05, 0.1) is 6.54 Å². The second kappa shape index (κ2) is 4.52. The predicted molar refractivity (Wildman–Crippen MR) is 61.4 cm³/mol. The molecule has 14 heavy (non-hydrogen) atoms. The monoisotopic (exact) mass is 269 g/mol. The Morgan fingerprint density at radius 1 is 1.50 bits per heavy atom. The molecule has 2 aromatic rings. The van der Waals surface area contributed by atoms with Gasteiger partial charge in [-0.25, -0.2) is 9.97 Å². The fourth-order valence-corrected chi connectivity index (χ4v) is 2.41. The summed E-state index contributed by atoms with van der Waals surface area (Å²) in [7, 11) is 0. The van der Waals surface area contributed by atoms with Gasteiger partial charge in [-0.3, -0.25) is 0 Å². The lowest BCUT2D eigenvalue weighted by Crippen LogP contribution is -1.99. The largest absolute Gasteiger partial charge is 0.365 e. The van der Waals surface area contributed by atoms with Gasteiger partial charge in [-0.15, -0.1) is 11.3 Å². The van der Waals surface area contributed by atoms with E-state index in [-0.39, 0.29) is 0 Å². The van der Waals surface area contributed by atoms with E-state index in [0.29, 0.717) is 0 Å². The van der Waals surface area contributed by atoms with Crippen LogP contribution in [0.1, 0.15) is 4.88 Å². The van der Waals surface area contributed by atoms with Crippen molar-refractivity contribution < 1.29 is 0 Å². The van der Waals surface area contributed by atoms with Gasteiger partial charge in [0.1, 0.15) is 12.1 Å². The minimum Gasteiger partial charge on any atom is -0.365 e. The molecule has 0 fully saturated rings. The Labute approximate surface area is 94.4 Å². The standard InChI is InChI=1S/C9H8BrN3S/c10-7-3-8(14-5-7)4-12-9-1-2-11-6-13-9/h1-3,5-6H,4H2,(H,11,12,13). The van der Waals surface area contributed by atoms with Crippen LogP contribution in [0.15, 0.2) is 34.5 Å². The maximum absolute atomic E-state index is 4.07. The number of thiophene rings is 1. The highest BCUT2D eigenvalue weighted by molar-refractivity contribution is 9.10. The smallest absolute Gasteiger partial charge is 0.129 e. The molecule has 0 radical (unpaired) electrons. The maximum Gasteiger partial charge on any atom is 0.129 e. The molecule has 0 aromatic carbocycles. The Balaban J connectivity index is 1.95. The van der Waals surface area contributed by atoms with Crippen LogP contribution in [-0.4, -0.2) is 9.97 Å². The highest BCUT2D eigenvalue weighted by atomic mass is 79.9. The zero-order valence-electron chi connectivity index (χ0n) is 7.27. The topological polar surface area (TPSA) is 37.8 Å². The Kier molecular flexibility index (Phi) is 3.10. The molecule has 0 amide bonds. The van der Waals surface area contributed by atoms with Crippen LogP contribution in [0.5, 0.6) is 0 Å². The van der Waals surface area contributed by atoms with Gasteiger partial charge in [0, 0.05) is 20.9 Å². The van der Waals surface area contributed by atoms with E-state index < -0.39 is 0 Å². The summed E-state index contributed by atoms with van der Waals surface area (Å²) in [6.07, 6.45) is 3.26. The molecule has 0 aliphatic heterocycles. The molecule has 0 saturated carbocycles. The average Bonchev–Trinajstić information content (AvgIpc) is 2.63. The van der Waals surface area contributed by atoms with Gasteiger partial charge < -0.3 is 5.32 Å². The number of aromatic nitrogens is 2. The number of hydrogen-bond donors (Lipinski definition) is 1. The molecule has 2 aromatic heterocycles. The average molecular weight is 270 g/mol. The van der Waals surface area contributed by atoms with E-state index in [2.05, 4.69) is 42.7 Å². The zero-order valence-corrected chi connectivity index (χ0v) is 9.68. The van der Waals surface area contributed by atoms with E-state index in [0.717, 1.165) is 16.8 Å². The molecule has 5 heteroatoms. The normalized spacial score (nSPS) is 10.1. The lowest BCUT2D eigenvalue weighted by molar-refractivity contribution is 1.10. The number of halogens is 1. The van der Waals surface area contributed by atoms with Crippen molar-refractivity contribution in [1.82, 2.24) is 9.97 Å². The second-order valence-electron chi connectivity index (χ2n) is 2.68. The van der Waals surface area contributed by atoms with Gasteiger partial charge in [-0.2, -0.15) is 0 Å². The van der Waals surface area contributed by atoms with Crippen LogP contribution in [0.3, 0.4) is 0 Å². The minimum atomic E-state index is 0.799. The molecule has 2 rings (SSSR count). The SMILES string of the molecule is Brc1csc(CNc2ccncn2)c1. The first-order valence-electron chi connectivity index (χ1n) is 4.07. The Bertz CT molecular complexity index is 401. The van der Waals surface area contributed by atoms with E-state index >= 15 is 0 Å². The Hall–Kier alpha value is -0.940. The molecule has 0 aliphatic carbocycles. The highest BCUT2D eigenvalue weighted by Gasteiger charge is 1.97. The van der Waals surface area contributed by atoms with Crippen LogP contribution < -0.4 is 5.32 Å². The number of hydrogen-bond acceptors (Lipinski definition) is 4. The molecule has 3 nitrogen and oxygen atoms in total. The van der Waals surface area contributed by atoms with Gasteiger partial charge in [-0.1, -0.05) is 0 Å². The summed E-state index contributed by atoms with van der Waals surface area (Å²) in [6.45, 7) is 0.799. The molecule has 2 heterocycles. The lowest BCUT2D eigenvalue weighted by Gasteiger charge is -2.01. The van der Waals surface area contributed by atoms with Crippen LogP contribution in [0.2, 0.25) is 0 Å². The summed E-state index contributed by atoms with van der Waals surface area (Å²) in [5.41, 5.74) is 0. The van der Waals surface area contributed by atoms with Crippen molar-refractivity contribution in [1.29, 1.82) is 0 Å². The van der Waals surface area contributed by atoms with Crippen LogP contribution in [0.25, 0.3) is 0 Å². The van der Waals surface area contributed by atoms with Crippen molar-refractivity contribution in [2.75, 3.05) is 5.32 Å². The van der Waals surface area contributed by atoms with Crippen LogP contribution in [0.4, 0.5) is 5.82 Å². The summed E-state index contributed by atoms with van der Waals surface area (Å²) in [5.74, 6) is 0.851. The molecule has 0 bridgehead atoms. The van der Waals surface area contributed by atoms with Crippen LogP contribution in [0, 0.1) is 0 Å². The number of nitrogens with zero attached hydrogens (tertiary/aromatic N) is 2. The third-order valence-electron chi connectivity index (χ3n) is 1.65. The fraction of sp³-hybridized carbons (Fsp3) is 0.111. The summed E-state index contributed by atoms with van der Waals surface area (Å²) in [5, 5.41) is 5.28. The van der Waals surface area contributed by atoms with E-state index in [1.165, 1.54) is 11.2 Å². The van der Waals surface area contributed by atoms with Crippen molar-refractivity contribution in [2.24, 2.45) is 0 Å². The summed E-state index contributed by atoms with van der Waals surface area (Å²) < 4.78 is 1.13. The minimum absolute atomic E-state index is 0.799. The molecule has 1 N–H and O–H groups in total. The molecule has 0 spiro atoms. The lowest BCUT2D eigenvalue weighted by atomic mass is 10.4. The van der Waals surface area contributed by atoms with Crippen molar-refractivity contribution in [2.45, 2.75) is 6.54 Å². The van der Waals surface area contributed by atoms with Crippen molar-refractivity contribution in [3.05, 3.63) is 39.4 Å². The Morgan fingerprint density at radius 2 is 2.43 bits per heavy atom. The first-order valence-corrected chi connectivity index (χ1v) is 5.74. The first-order chi connectivity index (χ1) is 6.84. The van der Waals surface area contributed by atoms with Gasteiger partial charge in [-0.05, 0) is 28.1 Å². The second-order valence-corrected chi connectivity index (χ2v) is 4.59. The van der Waals surface area contributed by atoms with E-state index in [1.807, 2.05) is 6.07 Å². The molecule has 0 saturated heterocycles. The third kappa shape index (κ3) is 2.52. The quantitative estimate of drug-likeness (QED) is 0.931. The molecular formula is C9H8BrN3S. The van der Waals surface area contributed by atoms with Crippen LogP contribution in [-0.2, 0) is 6.54 Å². The van der Waals surface area contributed by atoms with E-state index in [9.17, 15) is 0 Å². The number of nitrogens with one attached hydrogen (secondary N) is 1. The predicted octanol–water partition coefficient (Wildman–Crippen LogP) is 2.91. The molecule has 0 aliphatic rings. The van der Waals surface area contributed by atoms with Gasteiger partial charge in [0.2, 0.25) is 0 Å². The third-order valence-corrected chi connectivity index (χ3v) is 3.35. The first kappa shape index (κ1) is 9.61. The van der Waals surface area contributed by atoms with Crippen molar-refractivity contribution in [3.63, 3.8) is 0 Å². The van der Waals surface area contributed by atoms with Crippen molar-refractivity contribution in [3.8, 4) is 0 Å². The molecular weight excluding hydrogens is 262 g/mol. The zero-order chi connectivity index (χ0) is 9.80. The summed E-state index contributed by atoms with van der Waals surface area (Å²) in [4.78, 5) is 9.19. The Morgan fingerprint density at radius 3 is 3.07 bits per heavy atom. The maximum atomic E-state index is 4.07. The van der Waals surface area contributed by atoms with E-state index in [4.69, 9.17) is 0 Å².